The first-order valence-electron chi connectivity index (χ1n) is 6.78. The average molecular weight is 299 g/mol. The Kier molecular flexibility index (Phi) is 5.08. The summed E-state index contributed by atoms with van der Waals surface area (Å²) in [4.78, 5) is 23.2. The minimum Gasteiger partial charge on any atom is -0.467 e. The number of furan rings is 1. The zero-order valence-corrected chi connectivity index (χ0v) is 12.4. The molecule has 22 heavy (non-hydrogen) atoms. The van der Waals surface area contributed by atoms with Crippen molar-refractivity contribution in [2.24, 2.45) is 5.10 Å². The Bertz CT molecular complexity index is 673. The zero-order valence-electron chi connectivity index (χ0n) is 12.4. The number of nitrogens with one attached hydrogen (secondary N) is 2. The second kappa shape index (κ2) is 7.21. The molecule has 114 valence electrons. The topological polar surface area (TPSA) is 83.7 Å². The van der Waals surface area contributed by atoms with E-state index in [0.29, 0.717) is 11.5 Å². The van der Waals surface area contributed by atoms with Gasteiger partial charge in [-0.3, -0.25) is 9.59 Å². The third-order valence-corrected chi connectivity index (χ3v) is 3.00. The minimum atomic E-state index is -0.821. The Hall–Kier alpha value is -2.89. The number of hydrogen-bond donors (Lipinski definition) is 2. The van der Waals surface area contributed by atoms with Crippen LogP contribution in [0.4, 0.5) is 0 Å². The number of benzene rings is 1. The molecule has 0 aliphatic carbocycles. The van der Waals surface area contributed by atoms with Gasteiger partial charge in [-0.05, 0) is 31.5 Å². The highest BCUT2D eigenvalue weighted by atomic mass is 16.3. The summed E-state index contributed by atoms with van der Waals surface area (Å²) in [7, 11) is 0. The third-order valence-electron chi connectivity index (χ3n) is 3.00. The monoisotopic (exact) mass is 299 g/mol. The summed E-state index contributed by atoms with van der Waals surface area (Å²) in [5, 5.41) is 6.36. The molecule has 2 amide bonds. The number of rotatable bonds is 4. The van der Waals surface area contributed by atoms with E-state index in [-0.39, 0.29) is 6.54 Å². The summed E-state index contributed by atoms with van der Waals surface area (Å²) >= 11 is 0. The number of carbonyl (C=O) groups is 2. The molecule has 2 aromatic rings. The zero-order chi connectivity index (χ0) is 15.9. The second-order valence-corrected chi connectivity index (χ2v) is 4.77. The lowest BCUT2D eigenvalue weighted by molar-refractivity contribution is -0.139. The molecule has 0 unspecified atom stereocenters. The van der Waals surface area contributed by atoms with Crippen molar-refractivity contribution in [1.82, 2.24) is 10.7 Å². The highest BCUT2D eigenvalue weighted by molar-refractivity contribution is 6.35. The lowest BCUT2D eigenvalue weighted by Crippen LogP contribution is -2.37. The molecule has 0 bridgehead atoms. The summed E-state index contributed by atoms with van der Waals surface area (Å²) in [6, 6.07) is 11.1. The number of nitrogens with zero attached hydrogens (tertiary/aromatic N) is 1. The molecular weight excluding hydrogens is 282 g/mol. The Morgan fingerprint density at radius 3 is 2.50 bits per heavy atom. The van der Waals surface area contributed by atoms with Crippen molar-refractivity contribution < 1.29 is 14.0 Å². The summed E-state index contributed by atoms with van der Waals surface area (Å²) in [5.74, 6) is -1.02. The fourth-order valence-electron chi connectivity index (χ4n) is 1.71. The highest BCUT2D eigenvalue weighted by Gasteiger charge is 2.13. The van der Waals surface area contributed by atoms with E-state index in [1.54, 1.807) is 19.1 Å². The first kappa shape index (κ1) is 15.5. The summed E-state index contributed by atoms with van der Waals surface area (Å²) in [6.07, 6.45) is 1.50. The first-order chi connectivity index (χ1) is 10.6. The van der Waals surface area contributed by atoms with Gasteiger partial charge in [0.15, 0.2) is 0 Å². The van der Waals surface area contributed by atoms with Crippen molar-refractivity contribution >= 4 is 17.5 Å². The summed E-state index contributed by atoms with van der Waals surface area (Å²) < 4.78 is 5.06. The van der Waals surface area contributed by atoms with Gasteiger partial charge in [-0.2, -0.15) is 5.10 Å². The van der Waals surface area contributed by atoms with Crippen molar-refractivity contribution in [3.8, 4) is 0 Å². The Morgan fingerprint density at radius 1 is 1.14 bits per heavy atom. The Balaban J connectivity index is 1.86. The largest absolute Gasteiger partial charge is 0.467 e. The first-order valence-corrected chi connectivity index (χ1v) is 6.78. The normalized spacial score (nSPS) is 11.1. The van der Waals surface area contributed by atoms with Crippen molar-refractivity contribution in [3.05, 3.63) is 59.5 Å². The van der Waals surface area contributed by atoms with Gasteiger partial charge in [0, 0.05) is 0 Å². The van der Waals surface area contributed by atoms with Crippen LogP contribution < -0.4 is 10.7 Å². The van der Waals surface area contributed by atoms with Gasteiger partial charge in [0.25, 0.3) is 0 Å². The van der Waals surface area contributed by atoms with Gasteiger partial charge in [-0.1, -0.05) is 29.8 Å². The van der Waals surface area contributed by atoms with Gasteiger partial charge in [-0.15, -0.1) is 0 Å². The van der Waals surface area contributed by atoms with Crippen LogP contribution in [0.1, 0.15) is 23.8 Å². The second-order valence-electron chi connectivity index (χ2n) is 4.77. The van der Waals surface area contributed by atoms with Crippen LogP contribution in [-0.2, 0) is 16.1 Å². The summed E-state index contributed by atoms with van der Waals surface area (Å²) in [5.41, 5.74) is 4.86. The molecule has 1 aromatic carbocycles. The maximum Gasteiger partial charge on any atom is 0.329 e. The number of hydrogen-bond acceptors (Lipinski definition) is 4. The van der Waals surface area contributed by atoms with E-state index in [2.05, 4.69) is 15.8 Å². The van der Waals surface area contributed by atoms with E-state index in [1.165, 1.54) is 6.26 Å². The molecule has 1 aromatic heterocycles. The van der Waals surface area contributed by atoms with Crippen molar-refractivity contribution in [3.63, 3.8) is 0 Å². The molecule has 0 aliphatic rings. The lowest BCUT2D eigenvalue weighted by atomic mass is 10.1. The van der Waals surface area contributed by atoms with E-state index < -0.39 is 11.8 Å². The van der Waals surface area contributed by atoms with Crippen LogP contribution in [0.25, 0.3) is 0 Å². The Labute approximate surface area is 128 Å². The summed E-state index contributed by atoms with van der Waals surface area (Å²) in [6.45, 7) is 3.90. The number of amides is 2. The molecule has 2 N–H and O–H groups in total. The number of aryl methyl sites for hydroxylation is 1. The quantitative estimate of drug-likeness (QED) is 0.512. The predicted octanol–water partition coefficient (Wildman–Crippen LogP) is 1.74. The van der Waals surface area contributed by atoms with Crippen LogP contribution >= 0.6 is 0 Å². The van der Waals surface area contributed by atoms with Crippen LogP contribution in [0, 0.1) is 6.92 Å². The highest BCUT2D eigenvalue weighted by Crippen LogP contribution is 2.04. The van der Waals surface area contributed by atoms with Crippen LogP contribution in [0.15, 0.2) is 52.2 Å². The molecule has 0 spiro atoms. The fraction of sp³-hybridized carbons (Fsp3) is 0.188. The third kappa shape index (κ3) is 4.31. The molecule has 0 atom stereocenters. The Morgan fingerprint density at radius 2 is 1.86 bits per heavy atom. The molecule has 2 rings (SSSR count). The van der Waals surface area contributed by atoms with Gasteiger partial charge >= 0.3 is 11.8 Å². The molecule has 1 heterocycles. The molecular formula is C16H17N3O3. The van der Waals surface area contributed by atoms with Gasteiger partial charge < -0.3 is 9.73 Å². The van der Waals surface area contributed by atoms with Crippen LogP contribution in [0.5, 0.6) is 0 Å². The maximum atomic E-state index is 11.6. The van der Waals surface area contributed by atoms with E-state index in [4.69, 9.17) is 4.42 Å². The van der Waals surface area contributed by atoms with E-state index in [9.17, 15) is 9.59 Å². The van der Waals surface area contributed by atoms with Crippen LogP contribution in [-0.4, -0.2) is 17.5 Å². The van der Waals surface area contributed by atoms with Gasteiger partial charge in [-0.25, -0.2) is 5.43 Å². The van der Waals surface area contributed by atoms with Crippen LogP contribution in [0.2, 0.25) is 0 Å². The number of hydrazone groups is 1. The smallest absolute Gasteiger partial charge is 0.329 e. The standard InChI is InChI=1S/C16H17N3O3/c1-11-5-7-13(8-6-11)12(2)18-19-16(21)15(20)17-10-14-4-3-9-22-14/h3-9H,10H2,1-2H3,(H,17,20)(H,19,21)/b18-12-. The van der Waals surface area contributed by atoms with Crippen molar-refractivity contribution in [2.75, 3.05) is 0 Å². The van der Waals surface area contributed by atoms with E-state index >= 15 is 0 Å². The number of carbonyl (C=O) groups excluding carboxylic acids is 2. The molecule has 0 fully saturated rings. The van der Waals surface area contributed by atoms with Gasteiger partial charge in [0.05, 0.1) is 18.5 Å². The predicted molar refractivity (Wildman–Crippen MR) is 82.1 cm³/mol. The van der Waals surface area contributed by atoms with Crippen molar-refractivity contribution in [1.29, 1.82) is 0 Å². The SMILES string of the molecule is C/C(=N/NC(=O)C(=O)NCc1ccco1)c1ccc(C)cc1. The molecule has 6 nitrogen and oxygen atoms in total. The van der Waals surface area contributed by atoms with Crippen LogP contribution in [0.3, 0.4) is 0 Å². The molecule has 0 saturated heterocycles. The van der Waals surface area contributed by atoms with Gasteiger partial charge in [0.2, 0.25) is 0 Å². The average Bonchev–Trinajstić information content (AvgIpc) is 3.04. The fourth-order valence-corrected chi connectivity index (χ4v) is 1.71. The minimum absolute atomic E-state index is 0.153. The molecule has 0 saturated carbocycles. The molecule has 0 aliphatic heterocycles. The van der Waals surface area contributed by atoms with Gasteiger partial charge in [0.1, 0.15) is 5.76 Å². The maximum absolute atomic E-state index is 11.6. The molecule has 0 radical (unpaired) electrons. The lowest BCUT2D eigenvalue weighted by Gasteiger charge is -2.04. The van der Waals surface area contributed by atoms with E-state index in [0.717, 1.165) is 11.1 Å². The van der Waals surface area contributed by atoms with Crippen molar-refractivity contribution in [2.45, 2.75) is 20.4 Å². The van der Waals surface area contributed by atoms with E-state index in [1.807, 2.05) is 31.2 Å². The molecule has 6 heteroatoms.